The van der Waals surface area contributed by atoms with Crippen LogP contribution in [-0.4, -0.2) is 35.5 Å². The van der Waals surface area contributed by atoms with Gasteiger partial charge in [0.05, 0.1) is 11.6 Å². The number of aromatic nitrogens is 1. The largest absolute Gasteiger partial charge is 0.355 e. The minimum absolute atomic E-state index is 0.0389. The van der Waals surface area contributed by atoms with Gasteiger partial charge in [0.2, 0.25) is 0 Å². The van der Waals surface area contributed by atoms with Gasteiger partial charge in [0.25, 0.3) is 17.4 Å². The summed E-state index contributed by atoms with van der Waals surface area (Å²) in [5.74, 6) is -0.771. The van der Waals surface area contributed by atoms with E-state index in [4.69, 9.17) is 5.73 Å². The molecule has 4 N–H and O–H groups in total. The van der Waals surface area contributed by atoms with Crippen LogP contribution in [0.25, 0.3) is 0 Å². The summed E-state index contributed by atoms with van der Waals surface area (Å²) in [7, 11) is 1.47. The van der Waals surface area contributed by atoms with Crippen LogP contribution < -0.4 is 21.9 Å². The first kappa shape index (κ1) is 20.3. The molecule has 1 aromatic carbocycles. The van der Waals surface area contributed by atoms with Crippen molar-refractivity contribution in [2.75, 3.05) is 7.05 Å². The third-order valence-electron chi connectivity index (χ3n) is 6.56. The van der Waals surface area contributed by atoms with Gasteiger partial charge in [0, 0.05) is 25.3 Å². The fourth-order valence-electron chi connectivity index (χ4n) is 4.95. The molecule has 7 heteroatoms. The minimum Gasteiger partial charge on any atom is -0.355 e. The zero-order valence-electron chi connectivity index (χ0n) is 17.4. The van der Waals surface area contributed by atoms with Crippen LogP contribution in [-0.2, 0) is 0 Å². The van der Waals surface area contributed by atoms with Crippen molar-refractivity contribution >= 4 is 11.8 Å². The number of pyridine rings is 1. The number of carbonyl (C=O) groups excluding carboxylic acids is 2. The van der Waals surface area contributed by atoms with E-state index in [2.05, 4.69) is 10.6 Å². The molecule has 0 bridgehead atoms. The van der Waals surface area contributed by atoms with Gasteiger partial charge in [-0.3, -0.25) is 14.4 Å². The maximum atomic E-state index is 13.0. The quantitative estimate of drug-likeness (QED) is 0.702. The van der Waals surface area contributed by atoms with Gasteiger partial charge < -0.3 is 20.9 Å². The number of amides is 2. The van der Waals surface area contributed by atoms with E-state index in [-0.39, 0.29) is 23.6 Å². The molecule has 2 fully saturated rings. The number of benzene rings is 1. The zero-order valence-corrected chi connectivity index (χ0v) is 17.4. The average Bonchev–Trinajstić information content (AvgIpc) is 2.70. The van der Waals surface area contributed by atoms with Crippen molar-refractivity contribution in [3.05, 3.63) is 69.6 Å². The Morgan fingerprint density at radius 2 is 1.80 bits per heavy atom. The van der Waals surface area contributed by atoms with E-state index >= 15 is 0 Å². The first-order valence-electron chi connectivity index (χ1n) is 10.4. The van der Waals surface area contributed by atoms with Crippen molar-refractivity contribution in [1.29, 1.82) is 0 Å². The zero-order chi connectivity index (χ0) is 21.5. The summed E-state index contributed by atoms with van der Waals surface area (Å²) >= 11 is 0. The molecular weight excluding hydrogens is 380 g/mol. The monoisotopic (exact) mass is 408 g/mol. The molecule has 2 amide bonds. The van der Waals surface area contributed by atoms with Gasteiger partial charge in [-0.1, -0.05) is 30.3 Å². The number of nitrogens with two attached hydrogens (primary N) is 1. The fraction of sp³-hybridized carbons (Fsp3) is 0.435. The van der Waals surface area contributed by atoms with E-state index in [0.717, 1.165) is 31.2 Å². The number of nitrogens with zero attached hydrogens (tertiary/aromatic N) is 1. The summed E-state index contributed by atoms with van der Waals surface area (Å²) in [5, 5.41) is 5.55. The molecule has 2 aliphatic carbocycles. The molecule has 2 aromatic rings. The summed E-state index contributed by atoms with van der Waals surface area (Å²) in [6.07, 6.45) is 5.48. The Bertz CT molecular complexity index is 1020. The van der Waals surface area contributed by atoms with Gasteiger partial charge in [-0.2, -0.15) is 0 Å². The Hall–Kier alpha value is -2.93. The molecule has 2 aliphatic rings. The van der Waals surface area contributed by atoms with Gasteiger partial charge in [0.15, 0.2) is 0 Å². The Kier molecular flexibility index (Phi) is 5.24. The van der Waals surface area contributed by atoms with Crippen LogP contribution in [0.3, 0.4) is 0 Å². The number of hydrogen-bond donors (Lipinski definition) is 3. The third-order valence-corrected chi connectivity index (χ3v) is 6.56. The summed E-state index contributed by atoms with van der Waals surface area (Å²) in [6, 6.07) is 11.0. The molecule has 0 saturated heterocycles. The van der Waals surface area contributed by atoms with Crippen LogP contribution in [0.2, 0.25) is 0 Å². The second-order valence-corrected chi connectivity index (χ2v) is 8.77. The number of carbonyl (C=O) groups is 2. The molecule has 1 spiro atoms. The summed E-state index contributed by atoms with van der Waals surface area (Å²) in [6.45, 7) is 1.88. The maximum absolute atomic E-state index is 13.0. The lowest BCUT2D eigenvalue weighted by Crippen LogP contribution is -2.59. The van der Waals surface area contributed by atoms with Crippen molar-refractivity contribution in [3.63, 3.8) is 0 Å². The van der Waals surface area contributed by atoms with E-state index in [0.29, 0.717) is 17.0 Å². The Labute approximate surface area is 175 Å². The Balaban J connectivity index is 1.60. The van der Waals surface area contributed by atoms with Crippen LogP contribution >= 0.6 is 0 Å². The highest BCUT2D eigenvalue weighted by atomic mass is 16.2. The van der Waals surface area contributed by atoms with Gasteiger partial charge in [-0.05, 0) is 49.7 Å². The average molecular weight is 409 g/mol. The van der Waals surface area contributed by atoms with Gasteiger partial charge in [-0.25, -0.2) is 0 Å². The van der Waals surface area contributed by atoms with Crippen molar-refractivity contribution in [3.8, 4) is 0 Å². The smallest absolute Gasteiger partial charge is 0.264 e. The molecule has 1 atom stereocenters. The number of rotatable bonds is 5. The van der Waals surface area contributed by atoms with Crippen molar-refractivity contribution < 1.29 is 9.59 Å². The van der Waals surface area contributed by atoms with Crippen molar-refractivity contribution in [2.45, 2.75) is 50.7 Å². The molecule has 158 valence electrons. The maximum Gasteiger partial charge on any atom is 0.264 e. The second kappa shape index (κ2) is 7.72. The predicted octanol–water partition coefficient (Wildman–Crippen LogP) is 1.82. The normalized spacial score (nSPS) is 25.7. The lowest BCUT2D eigenvalue weighted by atomic mass is 9.52. The van der Waals surface area contributed by atoms with E-state index in [9.17, 15) is 14.4 Å². The SMILES string of the molecule is CNC(=O)c1cc(C(=O)NC2CC3(CC(N)C3)C2)cn([C@H](C)c2ccccc2)c1=O. The molecular formula is C23H28N4O3. The molecule has 0 unspecified atom stereocenters. The molecule has 2 saturated carbocycles. The summed E-state index contributed by atoms with van der Waals surface area (Å²) in [5.41, 5.74) is 6.98. The molecule has 1 heterocycles. The molecule has 4 rings (SSSR count). The van der Waals surface area contributed by atoms with Crippen molar-refractivity contribution in [2.24, 2.45) is 11.1 Å². The van der Waals surface area contributed by atoms with Gasteiger partial charge >= 0.3 is 0 Å². The fourth-order valence-corrected chi connectivity index (χ4v) is 4.95. The standard InChI is InChI=1S/C23H28N4O3/c1-14(15-6-4-3-5-7-15)27-13-16(8-19(22(27)30)21(29)25-2)20(28)26-18-11-23(12-18)9-17(24)10-23/h3-8,13-14,17-18H,9-12,24H2,1-2H3,(H,25,29)(H,26,28)/t14-,17?,18?,23?/m1/s1. The molecule has 0 aliphatic heterocycles. The highest BCUT2D eigenvalue weighted by Crippen LogP contribution is 2.55. The number of hydrogen-bond acceptors (Lipinski definition) is 4. The summed E-state index contributed by atoms with van der Waals surface area (Å²) in [4.78, 5) is 38.2. The van der Waals surface area contributed by atoms with Gasteiger partial charge in [0.1, 0.15) is 5.56 Å². The van der Waals surface area contributed by atoms with Crippen LogP contribution in [0.5, 0.6) is 0 Å². The molecule has 7 nitrogen and oxygen atoms in total. The second-order valence-electron chi connectivity index (χ2n) is 8.77. The lowest BCUT2D eigenvalue weighted by Gasteiger charge is -2.57. The highest BCUT2D eigenvalue weighted by molar-refractivity contribution is 5.99. The summed E-state index contributed by atoms with van der Waals surface area (Å²) < 4.78 is 1.46. The van der Waals surface area contributed by atoms with Crippen molar-refractivity contribution in [1.82, 2.24) is 15.2 Å². The minimum atomic E-state index is -0.505. The Morgan fingerprint density at radius 3 is 2.40 bits per heavy atom. The van der Waals surface area contributed by atoms with E-state index in [1.165, 1.54) is 17.7 Å². The van der Waals surface area contributed by atoms with Crippen LogP contribution in [0.1, 0.15) is 64.9 Å². The van der Waals surface area contributed by atoms with Crippen LogP contribution in [0.4, 0.5) is 0 Å². The first-order chi connectivity index (χ1) is 14.3. The van der Waals surface area contributed by atoms with E-state index in [1.54, 1.807) is 6.20 Å². The molecule has 1 aromatic heterocycles. The lowest BCUT2D eigenvalue weighted by molar-refractivity contribution is -0.0159. The molecule has 30 heavy (non-hydrogen) atoms. The van der Waals surface area contributed by atoms with E-state index in [1.807, 2.05) is 37.3 Å². The van der Waals surface area contributed by atoms with Gasteiger partial charge in [-0.15, -0.1) is 0 Å². The first-order valence-corrected chi connectivity index (χ1v) is 10.4. The Morgan fingerprint density at radius 1 is 1.13 bits per heavy atom. The topological polar surface area (TPSA) is 106 Å². The van der Waals surface area contributed by atoms with Crippen LogP contribution in [0, 0.1) is 5.41 Å². The van der Waals surface area contributed by atoms with E-state index < -0.39 is 11.5 Å². The van der Waals surface area contributed by atoms with Crippen LogP contribution in [0.15, 0.2) is 47.4 Å². The molecule has 0 radical (unpaired) electrons. The number of nitrogens with one attached hydrogen (secondary N) is 2. The highest BCUT2D eigenvalue weighted by Gasteiger charge is 2.52. The third kappa shape index (κ3) is 3.65. The predicted molar refractivity (Wildman–Crippen MR) is 114 cm³/mol.